The Hall–Kier alpha value is -1.77. The molecule has 3 heteroatoms. The number of nitrogens with zero attached hydrogens (tertiary/aromatic N) is 1. The maximum atomic E-state index is 5.53. The molecule has 0 fully saturated rings. The molecule has 0 bridgehead atoms. The third-order valence-corrected chi connectivity index (χ3v) is 2.81. The van der Waals surface area contributed by atoms with E-state index in [2.05, 4.69) is 42.0 Å². The van der Waals surface area contributed by atoms with Gasteiger partial charge in [0.1, 0.15) is 0 Å². The number of hydrogen-bond acceptors (Lipinski definition) is 2. The van der Waals surface area contributed by atoms with E-state index in [1.165, 1.54) is 16.7 Å². The van der Waals surface area contributed by atoms with Crippen LogP contribution in [0, 0.1) is 13.8 Å². The molecule has 0 amide bonds. The molecule has 3 nitrogen and oxygen atoms in total. The van der Waals surface area contributed by atoms with Crippen LogP contribution >= 0.6 is 0 Å². The van der Waals surface area contributed by atoms with Gasteiger partial charge >= 0.3 is 0 Å². The van der Waals surface area contributed by atoms with Crippen LogP contribution in [-0.4, -0.2) is 9.97 Å². The highest BCUT2D eigenvalue weighted by atomic mass is 15.0. The van der Waals surface area contributed by atoms with Crippen LogP contribution in [0.25, 0.3) is 0 Å². The molecule has 84 valence electrons. The van der Waals surface area contributed by atoms with Crippen molar-refractivity contribution in [3.8, 4) is 0 Å². The van der Waals surface area contributed by atoms with Crippen molar-refractivity contribution in [2.45, 2.75) is 26.7 Å². The van der Waals surface area contributed by atoms with Gasteiger partial charge in [-0.15, -0.1) is 0 Å². The predicted octanol–water partition coefficient (Wildman–Crippen LogP) is 2.39. The van der Waals surface area contributed by atoms with Crippen LogP contribution in [-0.2, 0) is 12.8 Å². The Balaban J connectivity index is 2.04. The molecular weight excluding hydrogens is 198 g/mol. The Morgan fingerprint density at radius 3 is 2.69 bits per heavy atom. The molecule has 16 heavy (non-hydrogen) atoms. The number of imidazole rings is 1. The van der Waals surface area contributed by atoms with Gasteiger partial charge in [-0.1, -0.05) is 23.8 Å². The average Bonchev–Trinajstić information content (AvgIpc) is 2.63. The minimum absolute atomic E-state index is 0.496. The Bertz CT molecular complexity index is 486. The van der Waals surface area contributed by atoms with E-state index < -0.39 is 0 Å². The number of aromatic nitrogens is 2. The number of benzene rings is 1. The number of anilines is 1. The van der Waals surface area contributed by atoms with Gasteiger partial charge in [-0.2, -0.15) is 0 Å². The van der Waals surface area contributed by atoms with E-state index in [1.807, 2.05) is 0 Å². The van der Waals surface area contributed by atoms with Crippen molar-refractivity contribution in [3.63, 3.8) is 0 Å². The molecule has 0 saturated carbocycles. The van der Waals surface area contributed by atoms with Crippen LogP contribution in [0.3, 0.4) is 0 Å². The maximum Gasteiger partial charge on any atom is 0.197 e. The molecule has 0 aliphatic rings. The molecule has 2 aromatic rings. The van der Waals surface area contributed by atoms with Gasteiger partial charge in [0.25, 0.3) is 0 Å². The van der Waals surface area contributed by atoms with Gasteiger partial charge in [0.05, 0.1) is 6.20 Å². The maximum absolute atomic E-state index is 5.53. The number of aryl methyl sites for hydroxylation is 4. The zero-order valence-electron chi connectivity index (χ0n) is 9.75. The van der Waals surface area contributed by atoms with Crippen LogP contribution in [0.1, 0.15) is 22.4 Å². The lowest BCUT2D eigenvalue weighted by atomic mass is 10.0. The van der Waals surface area contributed by atoms with E-state index >= 15 is 0 Å². The summed E-state index contributed by atoms with van der Waals surface area (Å²) >= 11 is 0. The summed E-state index contributed by atoms with van der Waals surface area (Å²) in [6.07, 6.45) is 3.78. The summed E-state index contributed by atoms with van der Waals surface area (Å²) in [6.45, 7) is 4.27. The third kappa shape index (κ3) is 2.42. The van der Waals surface area contributed by atoms with Gasteiger partial charge in [-0.3, -0.25) is 0 Å². The molecule has 0 unspecified atom stereocenters. The first-order valence-corrected chi connectivity index (χ1v) is 5.50. The highest BCUT2D eigenvalue weighted by molar-refractivity contribution is 5.31. The summed E-state index contributed by atoms with van der Waals surface area (Å²) in [7, 11) is 0. The lowest BCUT2D eigenvalue weighted by Gasteiger charge is -2.05. The van der Waals surface area contributed by atoms with E-state index in [1.54, 1.807) is 6.20 Å². The van der Waals surface area contributed by atoms with Crippen LogP contribution in [0.5, 0.6) is 0 Å². The largest absolute Gasteiger partial charge is 0.369 e. The number of H-pyrrole nitrogens is 1. The SMILES string of the molecule is Cc1ccc(CCc2cnc(N)[nH]2)c(C)c1. The van der Waals surface area contributed by atoms with Crippen molar-refractivity contribution in [1.29, 1.82) is 0 Å². The lowest BCUT2D eigenvalue weighted by Crippen LogP contribution is -1.95. The quantitative estimate of drug-likeness (QED) is 0.826. The second-order valence-electron chi connectivity index (χ2n) is 4.22. The molecule has 3 N–H and O–H groups in total. The van der Waals surface area contributed by atoms with Crippen molar-refractivity contribution >= 4 is 5.95 Å². The number of hydrogen-bond donors (Lipinski definition) is 2. The number of nitrogens with two attached hydrogens (primary N) is 1. The molecule has 0 radical (unpaired) electrons. The molecule has 1 heterocycles. The average molecular weight is 215 g/mol. The van der Waals surface area contributed by atoms with Gasteiger partial charge < -0.3 is 10.7 Å². The van der Waals surface area contributed by atoms with Crippen molar-refractivity contribution in [1.82, 2.24) is 9.97 Å². The summed E-state index contributed by atoms with van der Waals surface area (Å²) in [6, 6.07) is 6.57. The molecule has 1 aromatic carbocycles. The molecule has 0 aliphatic carbocycles. The van der Waals surface area contributed by atoms with E-state index in [9.17, 15) is 0 Å². The lowest BCUT2D eigenvalue weighted by molar-refractivity contribution is 0.917. The van der Waals surface area contributed by atoms with Gasteiger partial charge in [0.2, 0.25) is 0 Å². The zero-order chi connectivity index (χ0) is 11.5. The minimum Gasteiger partial charge on any atom is -0.369 e. The van der Waals surface area contributed by atoms with Crippen LogP contribution < -0.4 is 5.73 Å². The topological polar surface area (TPSA) is 54.7 Å². The second kappa shape index (κ2) is 4.39. The van der Waals surface area contributed by atoms with E-state index in [0.29, 0.717) is 5.95 Å². The highest BCUT2D eigenvalue weighted by Crippen LogP contribution is 2.13. The van der Waals surface area contributed by atoms with E-state index in [-0.39, 0.29) is 0 Å². The van der Waals surface area contributed by atoms with Crippen LogP contribution in [0.4, 0.5) is 5.95 Å². The predicted molar refractivity (Wildman–Crippen MR) is 66.3 cm³/mol. The van der Waals surface area contributed by atoms with Gasteiger partial charge in [0.15, 0.2) is 5.95 Å². The number of rotatable bonds is 3. The summed E-state index contributed by atoms with van der Waals surface area (Å²) < 4.78 is 0. The molecular formula is C13H17N3. The van der Waals surface area contributed by atoms with E-state index in [4.69, 9.17) is 5.73 Å². The van der Waals surface area contributed by atoms with Gasteiger partial charge in [0, 0.05) is 5.69 Å². The fourth-order valence-electron chi connectivity index (χ4n) is 1.90. The summed E-state index contributed by atoms with van der Waals surface area (Å²) in [5.41, 5.74) is 10.7. The van der Waals surface area contributed by atoms with Crippen LogP contribution in [0.15, 0.2) is 24.4 Å². The molecule has 0 saturated heterocycles. The van der Waals surface area contributed by atoms with Crippen molar-refractivity contribution in [3.05, 3.63) is 46.8 Å². The Kier molecular flexibility index (Phi) is 2.95. The Labute approximate surface area is 95.7 Å². The first-order valence-electron chi connectivity index (χ1n) is 5.50. The zero-order valence-corrected chi connectivity index (χ0v) is 9.75. The minimum atomic E-state index is 0.496. The fraction of sp³-hybridized carbons (Fsp3) is 0.308. The number of nitrogen functional groups attached to an aromatic ring is 1. The first kappa shape index (κ1) is 10.7. The number of aromatic amines is 1. The standard InChI is InChI=1S/C13H17N3/c1-9-3-4-11(10(2)7-9)5-6-12-8-15-13(14)16-12/h3-4,7-8H,5-6H2,1-2H3,(H3,14,15,16). The smallest absolute Gasteiger partial charge is 0.197 e. The fourth-order valence-corrected chi connectivity index (χ4v) is 1.90. The highest BCUT2D eigenvalue weighted by Gasteiger charge is 2.01. The van der Waals surface area contributed by atoms with Crippen molar-refractivity contribution in [2.75, 3.05) is 5.73 Å². The Morgan fingerprint density at radius 1 is 1.25 bits per heavy atom. The Morgan fingerprint density at radius 2 is 2.06 bits per heavy atom. The second-order valence-corrected chi connectivity index (χ2v) is 4.22. The van der Waals surface area contributed by atoms with Crippen LogP contribution in [0.2, 0.25) is 0 Å². The van der Waals surface area contributed by atoms with Gasteiger partial charge in [-0.25, -0.2) is 4.98 Å². The molecule has 0 atom stereocenters. The normalized spacial score (nSPS) is 10.6. The third-order valence-electron chi connectivity index (χ3n) is 2.81. The molecule has 1 aromatic heterocycles. The van der Waals surface area contributed by atoms with Crippen molar-refractivity contribution < 1.29 is 0 Å². The van der Waals surface area contributed by atoms with Crippen molar-refractivity contribution in [2.24, 2.45) is 0 Å². The molecule has 0 aliphatic heterocycles. The first-order chi connectivity index (χ1) is 7.65. The summed E-state index contributed by atoms with van der Waals surface area (Å²) in [4.78, 5) is 7.03. The summed E-state index contributed by atoms with van der Waals surface area (Å²) in [5.74, 6) is 0.496. The molecule has 0 spiro atoms. The number of nitrogens with one attached hydrogen (secondary N) is 1. The summed E-state index contributed by atoms with van der Waals surface area (Å²) in [5, 5.41) is 0. The van der Waals surface area contributed by atoms with E-state index in [0.717, 1.165) is 18.5 Å². The van der Waals surface area contributed by atoms with Gasteiger partial charge in [-0.05, 0) is 37.8 Å². The molecule has 2 rings (SSSR count). The monoisotopic (exact) mass is 215 g/mol.